The van der Waals surface area contributed by atoms with Gasteiger partial charge in [0.15, 0.2) is 0 Å². The summed E-state index contributed by atoms with van der Waals surface area (Å²) < 4.78 is 11.0. The summed E-state index contributed by atoms with van der Waals surface area (Å²) in [5.41, 5.74) is 3.50. The molecule has 1 atom stereocenters. The number of aromatic amines is 1. The highest BCUT2D eigenvalue weighted by Crippen LogP contribution is 2.31. The van der Waals surface area contributed by atoms with Crippen LogP contribution in [-0.2, 0) is 4.74 Å². The number of nitrogens with zero attached hydrogens (tertiary/aromatic N) is 2. The van der Waals surface area contributed by atoms with Crippen LogP contribution in [0.2, 0.25) is 0 Å². The summed E-state index contributed by atoms with van der Waals surface area (Å²) >= 11 is 0. The molecule has 1 N–H and O–H groups in total. The zero-order valence-corrected chi connectivity index (χ0v) is 12.8. The highest BCUT2D eigenvalue weighted by Gasteiger charge is 2.25. The van der Waals surface area contributed by atoms with Gasteiger partial charge in [0.05, 0.1) is 31.7 Å². The number of hydrogen-bond acceptors (Lipinski definition) is 4. The van der Waals surface area contributed by atoms with Crippen molar-refractivity contribution in [2.75, 3.05) is 26.3 Å². The summed E-state index contributed by atoms with van der Waals surface area (Å²) in [4.78, 5) is 2.44. The van der Waals surface area contributed by atoms with E-state index in [-0.39, 0.29) is 6.04 Å². The van der Waals surface area contributed by atoms with Crippen LogP contribution in [0.15, 0.2) is 59.5 Å². The molecule has 1 aliphatic heterocycles. The maximum atomic E-state index is 5.54. The Morgan fingerprint density at radius 1 is 1.09 bits per heavy atom. The van der Waals surface area contributed by atoms with Crippen LogP contribution in [0.1, 0.15) is 17.2 Å². The molecule has 1 aliphatic rings. The van der Waals surface area contributed by atoms with Crippen LogP contribution in [0.4, 0.5) is 0 Å². The average Bonchev–Trinajstić information content (AvgIpc) is 3.31. The molecule has 5 nitrogen and oxygen atoms in total. The lowest BCUT2D eigenvalue weighted by molar-refractivity contribution is 0.0239. The van der Waals surface area contributed by atoms with Gasteiger partial charge in [-0.1, -0.05) is 18.2 Å². The van der Waals surface area contributed by atoms with E-state index < -0.39 is 0 Å². The van der Waals surface area contributed by atoms with Crippen LogP contribution in [-0.4, -0.2) is 41.4 Å². The van der Waals surface area contributed by atoms with Gasteiger partial charge >= 0.3 is 0 Å². The fraction of sp³-hybridized carbons (Fsp3) is 0.278. The second kappa shape index (κ2) is 6.40. The summed E-state index contributed by atoms with van der Waals surface area (Å²) in [5, 5.41) is 7.07. The Hall–Kier alpha value is -2.37. The first-order chi connectivity index (χ1) is 11.4. The molecule has 1 saturated heterocycles. The van der Waals surface area contributed by atoms with Crippen molar-refractivity contribution in [1.82, 2.24) is 15.1 Å². The van der Waals surface area contributed by atoms with E-state index in [0.29, 0.717) is 0 Å². The van der Waals surface area contributed by atoms with Crippen LogP contribution < -0.4 is 0 Å². The number of rotatable bonds is 4. The summed E-state index contributed by atoms with van der Waals surface area (Å²) in [6.07, 6.45) is 5.58. The zero-order valence-electron chi connectivity index (χ0n) is 12.8. The van der Waals surface area contributed by atoms with Crippen molar-refractivity contribution in [1.29, 1.82) is 0 Å². The third-order valence-corrected chi connectivity index (χ3v) is 4.25. The van der Waals surface area contributed by atoms with E-state index in [4.69, 9.17) is 9.15 Å². The van der Waals surface area contributed by atoms with Crippen LogP contribution in [0.25, 0.3) is 11.3 Å². The average molecular weight is 309 g/mol. The van der Waals surface area contributed by atoms with E-state index in [9.17, 15) is 0 Å². The third kappa shape index (κ3) is 2.93. The Kier molecular flexibility index (Phi) is 3.96. The van der Waals surface area contributed by atoms with Crippen LogP contribution in [0, 0.1) is 0 Å². The van der Waals surface area contributed by atoms with Crippen molar-refractivity contribution in [3.63, 3.8) is 0 Å². The smallest absolute Gasteiger partial charge is 0.133 e. The predicted octanol–water partition coefficient (Wildman–Crippen LogP) is 3.09. The first-order valence-electron chi connectivity index (χ1n) is 7.86. The van der Waals surface area contributed by atoms with Gasteiger partial charge in [-0.15, -0.1) is 0 Å². The number of morpholine rings is 1. The van der Waals surface area contributed by atoms with E-state index in [1.165, 1.54) is 11.1 Å². The number of furan rings is 1. The van der Waals surface area contributed by atoms with Gasteiger partial charge in [0.25, 0.3) is 0 Å². The predicted molar refractivity (Wildman–Crippen MR) is 87.0 cm³/mol. The molecular weight excluding hydrogens is 290 g/mol. The number of ether oxygens (including phenoxy) is 1. The van der Waals surface area contributed by atoms with Crippen molar-refractivity contribution in [2.24, 2.45) is 0 Å². The highest BCUT2D eigenvalue weighted by atomic mass is 16.5. The second-order valence-corrected chi connectivity index (χ2v) is 5.69. The Morgan fingerprint density at radius 2 is 2.00 bits per heavy atom. The minimum atomic E-state index is 0.174. The van der Waals surface area contributed by atoms with E-state index in [0.717, 1.165) is 37.6 Å². The molecule has 1 unspecified atom stereocenters. The third-order valence-electron chi connectivity index (χ3n) is 4.25. The second-order valence-electron chi connectivity index (χ2n) is 5.69. The van der Waals surface area contributed by atoms with Gasteiger partial charge in [0.1, 0.15) is 5.76 Å². The van der Waals surface area contributed by atoms with Crippen molar-refractivity contribution >= 4 is 0 Å². The van der Waals surface area contributed by atoms with E-state index >= 15 is 0 Å². The van der Waals surface area contributed by atoms with E-state index in [1.54, 1.807) is 6.26 Å². The highest BCUT2D eigenvalue weighted by molar-refractivity contribution is 5.58. The van der Waals surface area contributed by atoms with E-state index in [1.807, 2.05) is 24.5 Å². The van der Waals surface area contributed by atoms with Gasteiger partial charge in [-0.3, -0.25) is 10.00 Å². The molecule has 0 bridgehead atoms. The Bertz CT molecular complexity index is 731. The number of H-pyrrole nitrogens is 1. The quantitative estimate of drug-likeness (QED) is 0.804. The molecule has 0 radical (unpaired) electrons. The van der Waals surface area contributed by atoms with Crippen molar-refractivity contribution in [3.05, 3.63) is 66.2 Å². The molecule has 23 heavy (non-hydrogen) atoms. The summed E-state index contributed by atoms with van der Waals surface area (Å²) in [7, 11) is 0. The van der Waals surface area contributed by atoms with E-state index in [2.05, 4.69) is 39.4 Å². The SMILES string of the molecule is c1cc(-c2ccco2)cc(C(c2cn[nH]c2)N2CCOCC2)c1. The molecular formula is C18H19N3O2. The Morgan fingerprint density at radius 3 is 2.74 bits per heavy atom. The summed E-state index contributed by atoms with van der Waals surface area (Å²) in [6.45, 7) is 3.38. The van der Waals surface area contributed by atoms with Crippen molar-refractivity contribution in [3.8, 4) is 11.3 Å². The zero-order chi connectivity index (χ0) is 15.5. The van der Waals surface area contributed by atoms with Gasteiger partial charge in [0, 0.05) is 30.4 Å². The standard InChI is InChI=1S/C18H19N3O2/c1-3-14(17-5-2-8-23-17)11-15(4-1)18(16-12-19-20-13-16)21-6-9-22-10-7-21/h1-5,8,11-13,18H,6-7,9-10H2,(H,19,20). The molecule has 5 heteroatoms. The lowest BCUT2D eigenvalue weighted by atomic mass is 9.97. The molecule has 3 heterocycles. The molecule has 4 rings (SSSR count). The molecule has 1 aromatic carbocycles. The number of hydrogen-bond donors (Lipinski definition) is 1. The van der Waals surface area contributed by atoms with Crippen LogP contribution in [0.3, 0.4) is 0 Å². The molecule has 2 aromatic heterocycles. The maximum Gasteiger partial charge on any atom is 0.133 e. The van der Waals surface area contributed by atoms with Crippen LogP contribution in [0.5, 0.6) is 0 Å². The molecule has 1 fully saturated rings. The maximum absolute atomic E-state index is 5.54. The fourth-order valence-electron chi connectivity index (χ4n) is 3.17. The molecule has 0 amide bonds. The molecule has 0 aliphatic carbocycles. The van der Waals surface area contributed by atoms with Gasteiger partial charge in [-0.2, -0.15) is 5.10 Å². The first kappa shape index (κ1) is 14.2. The Labute approximate surface area is 134 Å². The normalized spacial score (nSPS) is 17.2. The van der Waals surface area contributed by atoms with Crippen LogP contribution >= 0.6 is 0 Å². The molecule has 118 valence electrons. The lowest BCUT2D eigenvalue weighted by Gasteiger charge is -2.34. The number of nitrogens with one attached hydrogen (secondary N) is 1. The summed E-state index contributed by atoms with van der Waals surface area (Å²) in [5.74, 6) is 0.889. The first-order valence-corrected chi connectivity index (χ1v) is 7.86. The van der Waals surface area contributed by atoms with Gasteiger partial charge in [-0.25, -0.2) is 0 Å². The van der Waals surface area contributed by atoms with Gasteiger partial charge in [0.2, 0.25) is 0 Å². The lowest BCUT2D eigenvalue weighted by Crippen LogP contribution is -2.39. The minimum absolute atomic E-state index is 0.174. The van der Waals surface area contributed by atoms with Gasteiger partial charge in [-0.05, 0) is 23.8 Å². The molecule has 3 aromatic rings. The number of benzene rings is 1. The largest absolute Gasteiger partial charge is 0.464 e. The van der Waals surface area contributed by atoms with Crippen molar-refractivity contribution in [2.45, 2.75) is 6.04 Å². The topological polar surface area (TPSA) is 54.3 Å². The molecule has 0 saturated carbocycles. The monoisotopic (exact) mass is 309 g/mol. The van der Waals surface area contributed by atoms with Gasteiger partial charge < -0.3 is 9.15 Å². The Balaban J connectivity index is 1.73. The fourth-order valence-corrected chi connectivity index (χ4v) is 3.17. The molecule has 0 spiro atoms. The van der Waals surface area contributed by atoms with Crippen molar-refractivity contribution < 1.29 is 9.15 Å². The minimum Gasteiger partial charge on any atom is -0.464 e. The number of aromatic nitrogens is 2. The summed E-state index contributed by atoms with van der Waals surface area (Å²) in [6, 6.07) is 12.6.